The van der Waals surface area contributed by atoms with Crippen LogP contribution in [-0.2, 0) is 6.18 Å². The predicted octanol–water partition coefficient (Wildman–Crippen LogP) is 2.10. The zero-order valence-electron chi connectivity index (χ0n) is 9.49. The number of halogens is 3. The Balaban J connectivity index is 3.13. The number of ether oxygens (including phenoxy) is 1. The fraction of sp³-hybridized carbons (Fsp3) is 0.364. The number of nitrogens with two attached hydrogens (primary N) is 1. The average Bonchev–Trinajstić information content (AvgIpc) is 2.24. The number of hydrogen-bond donors (Lipinski definition) is 2. The van der Waals surface area contributed by atoms with Crippen molar-refractivity contribution in [1.29, 1.82) is 0 Å². The van der Waals surface area contributed by atoms with Gasteiger partial charge in [-0.2, -0.15) is 13.2 Å². The molecule has 1 atom stereocenters. The maximum Gasteiger partial charge on any atom is 0.419 e. The minimum absolute atomic E-state index is 0.113. The van der Waals surface area contributed by atoms with E-state index in [4.69, 9.17) is 15.6 Å². The summed E-state index contributed by atoms with van der Waals surface area (Å²) in [6.07, 6.45) is -5.43. The van der Waals surface area contributed by atoms with Crippen LogP contribution in [0.1, 0.15) is 18.1 Å². The first-order valence-corrected chi connectivity index (χ1v) is 5.44. The number of rotatable bonds is 4. The van der Waals surface area contributed by atoms with Crippen molar-refractivity contribution in [3.8, 4) is 5.75 Å². The van der Waals surface area contributed by atoms with Gasteiger partial charge in [-0.05, 0) is 25.1 Å². The van der Waals surface area contributed by atoms with E-state index in [-0.39, 0.29) is 22.9 Å². The van der Waals surface area contributed by atoms with Gasteiger partial charge in [0.2, 0.25) is 0 Å². The molecule has 0 aliphatic rings. The highest BCUT2D eigenvalue weighted by molar-refractivity contribution is 7.80. The third kappa shape index (κ3) is 3.85. The van der Waals surface area contributed by atoms with Gasteiger partial charge in [0, 0.05) is 5.56 Å². The zero-order chi connectivity index (χ0) is 13.9. The Bertz CT molecular complexity index is 446. The van der Waals surface area contributed by atoms with Crippen molar-refractivity contribution in [2.75, 3.05) is 6.61 Å². The molecule has 0 aromatic heterocycles. The lowest BCUT2D eigenvalue weighted by molar-refractivity contribution is -0.139. The summed E-state index contributed by atoms with van der Waals surface area (Å²) in [7, 11) is 0. The van der Waals surface area contributed by atoms with Gasteiger partial charge in [-0.15, -0.1) is 0 Å². The average molecular weight is 279 g/mol. The Labute approximate surface area is 107 Å². The summed E-state index contributed by atoms with van der Waals surface area (Å²) in [5.74, 6) is -0.358. The molecule has 100 valence electrons. The topological polar surface area (TPSA) is 55.5 Å². The van der Waals surface area contributed by atoms with E-state index in [1.165, 1.54) is 13.0 Å². The normalized spacial score (nSPS) is 13.2. The largest absolute Gasteiger partial charge is 0.490 e. The molecule has 0 heterocycles. The van der Waals surface area contributed by atoms with Gasteiger partial charge in [0.05, 0.1) is 11.7 Å². The molecule has 3 N–H and O–H groups in total. The minimum atomic E-state index is -4.57. The first kappa shape index (κ1) is 14.7. The third-order valence-electron chi connectivity index (χ3n) is 2.05. The van der Waals surface area contributed by atoms with Crippen LogP contribution in [0, 0.1) is 0 Å². The second kappa shape index (κ2) is 5.53. The molecule has 18 heavy (non-hydrogen) atoms. The van der Waals surface area contributed by atoms with Crippen LogP contribution in [-0.4, -0.2) is 22.8 Å². The third-order valence-corrected chi connectivity index (χ3v) is 2.29. The Morgan fingerprint density at radius 3 is 2.56 bits per heavy atom. The van der Waals surface area contributed by atoms with Crippen molar-refractivity contribution in [2.24, 2.45) is 5.73 Å². The predicted molar refractivity (Wildman–Crippen MR) is 64.5 cm³/mol. The highest BCUT2D eigenvalue weighted by Gasteiger charge is 2.35. The van der Waals surface area contributed by atoms with Crippen LogP contribution in [0.5, 0.6) is 5.75 Å². The quantitative estimate of drug-likeness (QED) is 0.829. The molecule has 1 aromatic carbocycles. The first-order valence-electron chi connectivity index (χ1n) is 5.03. The molecule has 0 fully saturated rings. The summed E-state index contributed by atoms with van der Waals surface area (Å²) in [5.41, 5.74) is 4.43. The summed E-state index contributed by atoms with van der Waals surface area (Å²) in [5, 5.41) is 9.00. The van der Waals surface area contributed by atoms with Crippen LogP contribution in [0.4, 0.5) is 13.2 Å². The van der Waals surface area contributed by atoms with Gasteiger partial charge in [-0.1, -0.05) is 12.2 Å². The molecule has 0 spiro atoms. The molecular formula is C11H12F3NO2S. The Kier molecular flexibility index (Phi) is 4.53. The van der Waals surface area contributed by atoms with Gasteiger partial charge in [0.25, 0.3) is 0 Å². The zero-order valence-corrected chi connectivity index (χ0v) is 10.3. The first-order chi connectivity index (χ1) is 8.21. The number of benzene rings is 1. The number of thiocarbonyl (C=S) groups is 1. The van der Waals surface area contributed by atoms with E-state index < -0.39 is 17.8 Å². The van der Waals surface area contributed by atoms with E-state index in [1.807, 2.05) is 0 Å². The molecule has 1 unspecified atom stereocenters. The van der Waals surface area contributed by atoms with E-state index in [9.17, 15) is 13.2 Å². The Morgan fingerprint density at radius 1 is 1.50 bits per heavy atom. The summed E-state index contributed by atoms with van der Waals surface area (Å²) in [6, 6.07) is 3.31. The van der Waals surface area contributed by atoms with Crippen LogP contribution in [0.2, 0.25) is 0 Å². The van der Waals surface area contributed by atoms with Crippen molar-refractivity contribution >= 4 is 17.2 Å². The van der Waals surface area contributed by atoms with E-state index in [0.717, 1.165) is 12.1 Å². The highest BCUT2D eigenvalue weighted by Crippen LogP contribution is 2.36. The summed E-state index contributed by atoms with van der Waals surface area (Å²) in [6.45, 7) is 1.19. The smallest absolute Gasteiger partial charge is 0.419 e. The number of aliphatic hydroxyl groups is 1. The number of alkyl halides is 3. The molecule has 0 saturated heterocycles. The van der Waals surface area contributed by atoms with E-state index in [0.29, 0.717) is 0 Å². The maximum absolute atomic E-state index is 12.8. The molecule has 1 rings (SSSR count). The molecular weight excluding hydrogens is 267 g/mol. The fourth-order valence-corrected chi connectivity index (χ4v) is 1.37. The highest BCUT2D eigenvalue weighted by atomic mass is 32.1. The van der Waals surface area contributed by atoms with Gasteiger partial charge in [-0.25, -0.2) is 0 Å². The summed E-state index contributed by atoms with van der Waals surface area (Å²) >= 11 is 4.62. The van der Waals surface area contributed by atoms with Crippen LogP contribution < -0.4 is 10.5 Å². The van der Waals surface area contributed by atoms with Gasteiger partial charge in [0.15, 0.2) is 0 Å². The molecule has 3 nitrogen and oxygen atoms in total. The van der Waals surface area contributed by atoms with Crippen LogP contribution in [0.25, 0.3) is 0 Å². The van der Waals surface area contributed by atoms with E-state index >= 15 is 0 Å². The second-order valence-electron chi connectivity index (χ2n) is 3.73. The van der Waals surface area contributed by atoms with Crippen LogP contribution >= 0.6 is 12.2 Å². The van der Waals surface area contributed by atoms with Crippen molar-refractivity contribution in [3.05, 3.63) is 29.3 Å². The van der Waals surface area contributed by atoms with Crippen molar-refractivity contribution in [3.63, 3.8) is 0 Å². The summed E-state index contributed by atoms with van der Waals surface area (Å²) < 4.78 is 43.3. The molecule has 0 saturated carbocycles. The number of aliphatic hydroxyl groups excluding tert-OH is 1. The molecule has 0 bridgehead atoms. The standard InChI is InChI=1S/C11H12F3NO2S/c1-6(16)5-17-9-3-2-7(10(15)18)4-8(9)11(12,13)14/h2-4,6,16H,5H2,1H3,(H2,15,18). The Morgan fingerprint density at radius 2 is 2.11 bits per heavy atom. The van der Waals surface area contributed by atoms with Gasteiger partial charge >= 0.3 is 6.18 Å². The van der Waals surface area contributed by atoms with Crippen molar-refractivity contribution in [1.82, 2.24) is 0 Å². The van der Waals surface area contributed by atoms with Crippen molar-refractivity contribution in [2.45, 2.75) is 19.2 Å². The van der Waals surface area contributed by atoms with Crippen LogP contribution in [0.15, 0.2) is 18.2 Å². The van der Waals surface area contributed by atoms with Gasteiger partial charge in [0.1, 0.15) is 17.3 Å². The monoisotopic (exact) mass is 279 g/mol. The Hall–Kier alpha value is -1.34. The second-order valence-corrected chi connectivity index (χ2v) is 4.17. The molecule has 0 aliphatic carbocycles. The van der Waals surface area contributed by atoms with Crippen LogP contribution in [0.3, 0.4) is 0 Å². The van der Waals surface area contributed by atoms with E-state index in [1.54, 1.807) is 0 Å². The molecule has 0 aliphatic heterocycles. The summed E-state index contributed by atoms with van der Waals surface area (Å²) in [4.78, 5) is -0.123. The minimum Gasteiger partial charge on any atom is -0.490 e. The molecule has 7 heteroatoms. The van der Waals surface area contributed by atoms with Gasteiger partial charge in [-0.3, -0.25) is 0 Å². The lowest BCUT2D eigenvalue weighted by Gasteiger charge is -2.15. The fourth-order valence-electron chi connectivity index (χ4n) is 1.24. The molecule has 1 aromatic rings. The molecule has 0 radical (unpaired) electrons. The number of hydrogen-bond acceptors (Lipinski definition) is 3. The van der Waals surface area contributed by atoms with Gasteiger partial charge < -0.3 is 15.6 Å². The SMILES string of the molecule is CC(O)COc1ccc(C(N)=S)cc1C(F)(F)F. The van der Waals surface area contributed by atoms with E-state index in [2.05, 4.69) is 12.2 Å². The lowest BCUT2D eigenvalue weighted by atomic mass is 10.1. The van der Waals surface area contributed by atoms with Crippen molar-refractivity contribution < 1.29 is 23.0 Å². The maximum atomic E-state index is 12.8. The molecule has 0 amide bonds. The lowest BCUT2D eigenvalue weighted by Crippen LogP contribution is -2.17.